The molecule has 0 heterocycles. The zero-order valence-corrected chi connectivity index (χ0v) is 11.8. The van der Waals surface area contributed by atoms with E-state index in [-0.39, 0.29) is 6.04 Å². The molecule has 1 aromatic rings. The average Bonchev–Trinajstić information content (AvgIpc) is 2.35. The predicted octanol–water partition coefficient (Wildman–Crippen LogP) is 1.25. The molecule has 104 valence electrons. The molecule has 0 aromatic heterocycles. The van der Waals surface area contributed by atoms with Crippen LogP contribution in [0.4, 0.5) is 4.79 Å². The highest BCUT2D eigenvalue weighted by molar-refractivity contribution is 9.10. The van der Waals surface area contributed by atoms with Crippen molar-refractivity contribution in [1.82, 2.24) is 10.6 Å². The smallest absolute Gasteiger partial charge is 0.328 e. The molecule has 2 amide bonds. The van der Waals surface area contributed by atoms with Crippen molar-refractivity contribution < 1.29 is 19.8 Å². The van der Waals surface area contributed by atoms with Gasteiger partial charge in [-0.05, 0) is 24.6 Å². The molecule has 0 saturated heterocycles. The van der Waals surface area contributed by atoms with E-state index in [1.54, 1.807) is 6.92 Å². The fraction of sp³-hybridized carbons (Fsp3) is 0.333. The minimum Gasteiger partial charge on any atom is -0.480 e. The lowest BCUT2D eigenvalue weighted by atomic mass is 10.1. The molecule has 0 spiro atoms. The fourth-order valence-corrected chi connectivity index (χ4v) is 1.86. The number of nitrogens with one attached hydrogen (secondary N) is 2. The van der Waals surface area contributed by atoms with Gasteiger partial charge in [-0.1, -0.05) is 28.1 Å². The minimum absolute atomic E-state index is 0.286. The molecule has 0 bridgehead atoms. The van der Waals surface area contributed by atoms with Gasteiger partial charge in [0.2, 0.25) is 0 Å². The number of carbonyl (C=O) groups excluding carboxylic acids is 1. The number of hydrogen-bond donors (Lipinski definition) is 4. The minimum atomic E-state index is -1.31. The van der Waals surface area contributed by atoms with E-state index in [4.69, 9.17) is 10.2 Å². The number of amides is 2. The summed E-state index contributed by atoms with van der Waals surface area (Å²) in [6.07, 6.45) is 0. The number of halogens is 1. The second kappa shape index (κ2) is 7.10. The summed E-state index contributed by atoms with van der Waals surface area (Å²) in [4.78, 5) is 22.2. The number of carboxylic acid groups (broad SMARTS) is 1. The van der Waals surface area contributed by atoms with E-state index < -0.39 is 24.6 Å². The average molecular weight is 331 g/mol. The molecular weight excluding hydrogens is 316 g/mol. The van der Waals surface area contributed by atoms with Crippen molar-refractivity contribution in [1.29, 1.82) is 0 Å². The van der Waals surface area contributed by atoms with Crippen LogP contribution < -0.4 is 10.6 Å². The topological polar surface area (TPSA) is 98.7 Å². The van der Waals surface area contributed by atoms with Crippen LogP contribution in [0, 0.1) is 0 Å². The third-order valence-corrected chi connectivity index (χ3v) is 2.98. The van der Waals surface area contributed by atoms with Gasteiger partial charge in [-0.2, -0.15) is 0 Å². The highest BCUT2D eigenvalue weighted by Gasteiger charge is 2.19. The lowest BCUT2D eigenvalue weighted by Gasteiger charge is -2.17. The highest BCUT2D eigenvalue weighted by Crippen LogP contribution is 2.17. The monoisotopic (exact) mass is 330 g/mol. The second-order valence-electron chi connectivity index (χ2n) is 3.97. The van der Waals surface area contributed by atoms with Crippen molar-refractivity contribution in [2.24, 2.45) is 0 Å². The summed E-state index contributed by atoms with van der Waals surface area (Å²) in [7, 11) is 0. The van der Waals surface area contributed by atoms with Crippen molar-refractivity contribution >= 4 is 27.9 Å². The number of benzene rings is 1. The SMILES string of the molecule is CC(NC(=O)NC(CO)C(=O)O)c1cccc(Br)c1. The number of hydrogen-bond acceptors (Lipinski definition) is 3. The Bertz CT molecular complexity index is 467. The Labute approximate surface area is 118 Å². The number of urea groups is 1. The molecule has 19 heavy (non-hydrogen) atoms. The van der Waals surface area contributed by atoms with Crippen LogP contribution in [-0.4, -0.2) is 34.9 Å². The Kier molecular flexibility index (Phi) is 5.78. The van der Waals surface area contributed by atoms with Crippen LogP contribution in [0.2, 0.25) is 0 Å². The molecule has 0 aliphatic rings. The molecule has 2 unspecified atom stereocenters. The van der Waals surface area contributed by atoms with Gasteiger partial charge in [0.05, 0.1) is 12.6 Å². The molecule has 1 rings (SSSR count). The molecular formula is C12H15BrN2O4. The molecule has 0 saturated carbocycles. The first-order chi connectivity index (χ1) is 8.93. The van der Waals surface area contributed by atoms with E-state index in [9.17, 15) is 9.59 Å². The van der Waals surface area contributed by atoms with Crippen LogP contribution in [0.15, 0.2) is 28.7 Å². The molecule has 7 heteroatoms. The predicted molar refractivity (Wildman–Crippen MR) is 72.7 cm³/mol. The first-order valence-corrected chi connectivity index (χ1v) is 6.39. The molecule has 2 atom stereocenters. The summed E-state index contributed by atoms with van der Waals surface area (Å²) in [5.74, 6) is -1.28. The maximum Gasteiger partial charge on any atom is 0.328 e. The Hall–Kier alpha value is -1.60. The van der Waals surface area contributed by atoms with Gasteiger partial charge in [0, 0.05) is 4.47 Å². The van der Waals surface area contributed by atoms with Crippen LogP contribution in [0.5, 0.6) is 0 Å². The van der Waals surface area contributed by atoms with Crippen molar-refractivity contribution in [2.75, 3.05) is 6.61 Å². The van der Waals surface area contributed by atoms with Gasteiger partial charge in [-0.3, -0.25) is 0 Å². The summed E-state index contributed by atoms with van der Waals surface area (Å²) in [5.41, 5.74) is 0.875. The second-order valence-corrected chi connectivity index (χ2v) is 4.88. The number of aliphatic hydroxyl groups excluding tert-OH is 1. The molecule has 0 fully saturated rings. The zero-order chi connectivity index (χ0) is 14.4. The third-order valence-electron chi connectivity index (χ3n) is 2.48. The maximum absolute atomic E-state index is 11.6. The van der Waals surface area contributed by atoms with Crippen LogP contribution >= 0.6 is 15.9 Å². The first kappa shape index (κ1) is 15.5. The van der Waals surface area contributed by atoms with E-state index in [0.717, 1.165) is 10.0 Å². The first-order valence-electron chi connectivity index (χ1n) is 5.60. The Balaban J connectivity index is 2.59. The normalized spacial score (nSPS) is 13.4. The molecule has 4 N–H and O–H groups in total. The van der Waals surface area contributed by atoms with E-state index in [1.165, 1.54) is 0 Å². The van der Waals surface area contributed by atoms with Gasteiger partial charge in [0.15, 0.2) is 6.04 Å². The summed E-state index contributed by atoms with van der Waals surface area (Å²) >= 11 is 3.33. The summed E-state index contributed by atoms with van der Waals surface area (Å²) in [5, 5.41) is 22.3. The number of aliphatic carboxylic acids is 1. The van der Waals surface area contributed by atoms with Gasteiger partial charge in [-0.25, -0.2) is 9.59 Å². The quantitative estimate of drug-likeness (QED) is 0.653. The number of carboxylic acids is 1. The number of aliphatic hydroxyl groups is 1. The van der Waals surface area contributed by atoms with Crippen molar-refractivity contribution in [2.45, 2.75) is 19.0 Å². The molecule has 0 aliphatic carbocycles. The molecule has 0 radical (unpaired) electrons. The van der Waals surface area contributed by atoms with E-state index in [2.05, 4.69) is 26.6 Å². The molecule has 1 aromatic carbocycles. The Morgan fingerprint density at radius 3 is 2.58 bits per heavy atom. The van der Waals surface area contributed by atoms with Gasteiger partial charge < -0.3 is 20.8 Å². The van der Waals surface area contributed by atoms with Crippen LogP contribution in [0.25, 0.3) is 0 Å². The Morgan fingerprint density at radius 1 is 1.37 bits per heavy atom. The number of carbonyl (C=O) groups is 2. The lowest BCUT2D eigenvalue weighted by Crippen LogP contribution is -2.48. The Morgan fingerprint density at radius 2 is 2.05 bits per heavy atom. The van der Waals surface area contributed by atoms with Crippen LogP contribution in [-0.2, 0) is 4.79 Å². The zero-order valence-electron chi connectivity index (χ0n) is 10.3. The lowest BCUT2D eigenvalue weighted by molar-refractivity contribution is -0.140. The van der Waals surface area contributed by atoms with Gasteiger partial charge >= 0.3 is 12.0 Å². The van der Waals surface area contributed by atoms with Crippen LogP contribution in [0.1, 0.15) is 18.5 Å². The molecule has 0 aliphatic heterocycles. The van der Waals surface area contributed by atoms with E-state index in [1.807, 2.05) is 24.3 Å². The van der Waals surface area contributed by atoms with Crippen molar-refractivity contribution in [3.8, 4) is 0 Å². The summed E-state index contributed by atoms with van der Waals surface area (Å²) < 4.78 is 0.887. The largest absolute Gasteiger partial charge is 0.480 e. The standard InChI is InChI=1S/C12H15BrN2O4/c1-7(8-3-2-4-9(13)5-8)14-12(19)15-10(6-16)11(17)18/h2-5,7,10,16H,6H2,1H3,(H,17,18)(H2,14,15,19). The van der Waals surface area contributed by atoms with Crippen molar-refractivity contribution in [3.63, 3.8) is 0 Å². The van der Waals surface area contributed by atoms with Crippen LogP contribution in [0.3, 0.4) is 0 Å². The molecule has 6 nitrogen and oxygen atoms in total. The summed E-state index contributed by atoms with van der Waals surface area (Å²) in [6, 6.07) is 5.16. The summed E-state index contributed by atoms with van der Waals surface area (Å²) in [6.45, 7) is 1.12. The fourth-order valence-electron chi connectivity index (χ4n) is 1.44. The van der Waals surface area contributed by atoms with Gasteiger partial charge in [-0.15, -0.1) is 0 Å². The highest BCUT2D eigenvalue weighted by atomic mass is 79.9. The van der Waals surface area contributed by atoms with Gasteiger partial charge in [0.25, 0.3) is 0 Å². The van der Waals surface area contributed by atoms with Crippen molar-refractivity contribution in [3.05, 3.63) is 34.3 Å². The third kappa shape index (κ3) is 4.88. The van der Waals surface area contributed by atoms with E-state index >= 15 is 0 Å². The number of rotatable bonds is 5. The van der Waals surface area contributed by atoms with Gasteiger partial charge in [0.1, 0.15) is 0 Å². The maximum atomic E-state index is 11.6. The van der Waals surface area contributed by atoms with E-state index in [0.29, 0.717) is 0 Å².